The Balaban J connectivity index is 2.04. The minimum absolute atomic E-state index is 0.00959. The van der Waals surface area contributed by atoms with Gasteiger partial charge in [0.05, 0.1) is 22.0 Å². The van der Waals surface area contributed by atoms with Crippen LogP contribution in [0, 0.1) is 5.82 Å². The summed E-state index contributed by atoms with van der Waals surface area (Å²) in [4.78, 5) is 24.4. The van der Waals surface area contributed by atoms with Gasteiger partial charge in [-0.15, -0.1) is 0 Å². The van der Waals surface area contributed by atoms with Crippen LogP contribution in [0.15, 0.2) is 42.5 Å². The Bertz CT molecular complexity index is 977. The van der Waals surface area contributed by atoms with Crippen LogP contribution in [0.3, 0.4) is 0 Å². The summed E-state index contributed by atoms with van der Waals surface area (Å²) in [6, 6.07) is 9.41. The highest BCUT2D eigenvalue weighted by atomic mass is 35.5. The normalized spacial score (nSPS) is 12.3. The number of amides is 1. The first-order valence-electron chi connectivity index (χ1n) is 7.79. The number of carbonyl (C=O) groups is 2. The predicted octanol–water partition coefficient (Wildman–Crippen LogP) is 3.21. The summed E-state index contributed by atoms with van der Waals surface area (Å²) in [6.45, 7) is 1.37. The molecule has 0 aliphatic carbocycles. The Morgan fingerprint density at radius 3 is 2.56 bits per heavy atom. The van der Waals surface area contributed by atoms with Crippen molar-refractivity contribution < 1.29 is 27.1 Å². The molecule has 2 aromatic carbocycles. The Kier molecular flexibility index (Phi) is 6.56. The lowest BCUT2D eigenvalue weighted by Crippen LogP contribution is -2.30. The van der Waals surface area contributed by atoms with Gasteiger partial charge in [0, 0.05) is 6.26 Å². The van der Waals surface area contributed by atoms with Crippen LogP contribution >= 0.6 is 11.6 Å². The number of sulfone groups is 1. The summed E-state index contributed by atoms with van der Waals surface area (Å²) in [5, 5.41) is 2.45. The van der Waals surface area contributed by atoms with Crippen molar-refractivity contribution in [2.45, 2.75) is 18.8 Å². The van der Waals surface area contributed by atoms with E-state index in [0.29, 0.717) is 5.56 Å². The Morgan fingerprint density at radius 2 is 1.93 bits per heavy atom. The van der Waals surface area contributed by atoms with Gasteiger partial charge in [-0.1, -0.05) is 23.7 Å². The number of benzene rings is 2. The first-order chi connectivity index (χ1) is 12.5. The molecule has 0 saturated carbocycles. The average molecular weight is 414 g/mol. The molecule has 9 heteroatoms. The van der Waals surface area contributed by atoms with Crippen LogP contribution in [0.1, 0.15) is 22.8 Å². The van der Waals surface area contributed by atoms with Crippen molar-refractivity contribution in [1.29, 1.82) is 0 Å². The van der Waals surface area contributed by atoms with Crippen LogP contribution in [-0.2, 0) is 25.1 Å². The van der Waals surface area contributed by atoms with E-state index in [4.69, 9.17) is 16.3 Å². The number of hydrogen-bond donors (Lipinski definition) is 1. The van der Waals surface area contributed by atoms with E-state index in [1.165, 1.54) is 31.2 Å². The second-order valence-corrected chi connectivity index (χ2v) is 8.48. The fourth-order valence-corrected chi connectivity index (χ4v) is 3.20. The molecular weight excluding hydrogens is 397 g/mol. The summed E-state index contributed by atoms with van der Waals surface area (Å²) in [5.74, 6) is -2.19. The topological polar surface area (TPSA) is 89.5 Å². The van der Waals surface area contributed by atoms with Gasteiger partial charge in [0.25, 0.3) is 5.91 Å². The van der Waals surface area contributed by atoms with E-state index in [9.17, 15) is 22.4 Å². The molecule has 27 heavy (non-hydrogen) atoms. The maximum atomic E-state index is 13.0. The van der Waals surface area contributed by atoms with Gasteiger partial charge in [-0.3, -0.25) is 4.79 Å². The van der Waals surface area contributed by atoms with Crippen molar-refractivity contribution >= 4 is 39.0 Å². The van der Waals surface area contributed by atoms with Gasteiger partial charge in [-0.2, -0.15) is 0 Å². The zero-order chi connectivity index (χ0) is 20.2. The highest BCUT2D eigenvalue weighted by molar-refractivity contribution is 7.89. The van der Waals surface area contributed by atoms with Crippen molar-refractivity contribution in [1.82, 2.24) is 0 Å². The smallest absolute Gasteiger partial charge is 0.338 e. The lowest BCUT2D eigenvalue weighted by Gasteiger charge is -2.14. The second kappa shape index (κ2) is 8.49. The Labute approximate surface area is 161 Å². The van der Waals surface area contributed by atoms with E-state index in [0.717, 1.165) is 18.4 Å². The molecule has 0 heterocycles. The fraction of sp³-hybridized carbons (Fsp3) is 0.222. The van der Waals surface area contributed by atoms with E-state index >= 15 is 0 Å². The maximum absolute atomic E-state index is 13.0. The monoisotopic (exact) mass is 413 g/mol. The molecule has 0 aliphatic rings. The molecule has 2 aromatic rings. The van der Waals surface area contributed by atoms with Gasteiger partial charge in [-0.05, 0) is 42.8 Å². The molecule has 0 spiro atoms. The van der Waals surface area contributed by atoms with Gasteiger partial charge >= 0.3 is 5.97 Å². The molecule has 1 N–H and O–H groups in total. The summed E-state index contributed by atoms with van der Waals surface area (Å²) in [5.41, 5.74) is 0.735. The van der Waals surface area contributed by atoms with Crippen molar-refractivity contribution in [3.05, 3.63) is 64.4 Å². The van der Waals surface area contributed by atoms with Crippen LogP contribution in [-0.4, -0.2) is 32.7 Å². The molecule has 0 unspecified atom stereocenters. The third kappa shape index (κ3) is 6.33. The Morgan fingerprint density at radius 1 is 1.22 bits per heavy atom. The van der Waals surface area contributed by atoms with Crippen molar-refractivity contribution in [3.63, 3.8) is 0 Å². The number of anilines is 1. The Hall–Kier alpha value is -2.45. The number of rotatable bonds is 6. The quantitative estimate of drug-likeness (QED) is 0.734. The van der Waals surface area contributed by atoms with E-state index in [-0.39, 0.29) is 22.0 Å². The first kappa shape index (κ1) is 20.9. The summed E-state index contributed by atoms with van der Waals surface area (Å²) < 4.78 is 40.9. The SMILES string of the molecule is C[C@H](OC(=O)c1cccc(CS(C)(=O)=O)c1)C(=O)Nc1ccc(F)cc1Cl. The lowest BCUT2D eigenvalue weighted by molar-refractivity contribution is -0.123. The molecule has 0 saturated heterocycles. The number of ether oxygens (including phenoxy) is 1. The standard InChI is InChI=1S/C18H17ClFNO5S/c1-11(17(22)21-16-7-6-14(20)9-15(16)19)26-18(23)13-5-3-4-12(8-13)10-27(2,24)25/h3-9,11H,10H2,1-2H3,(H,21,22)/t11-/m0/s1. The van der Waals surface area contributed by atoms with Gasteiger partial charge in [0.1, 0.15) is 5.82 Å². The lowest BCUT2D eigenvalue weighted by atomic mass is 10.1. The van der Waals surface area contributed by atoms with E-state index in [1.54, 1.807) is 6.07 Å². The van der Waals surface area contributed by atoms with E-state index in [2.05, 4.69) is 5.32 Å². The molecule has 144 valence electrons. The number of nitrogens with one attached hydrogen (secondary N) is 1. The third-order valence-electron chi connectivity index (χ3n) is 3.43. The summed E-state index contributed by atoms with van der Waals surface area (Å²) >= 11 is 5.84. The number of halogens is 2. The van der Waals surface area contributed by atoms with E-state index in [1.807, 2.05) is 0 Å². The molecule has 1 atom stereocenters. The third-order valence-corrected chi connectivity index (χ3v) is 4.60. The zero-order valence-electron chi connectivity index (χ0n) is 14.5. The molecule has 0 aromatic heterocycles. The summed E-state index contributed by atoms with van der Waals surface area (Å²) in [7, 11) is -3.25. The van der Waals surface area contributed by atoms with Crippen LogP contribution in [0.2, 0.25) is 5.02 Å². The molecule has 0 bridgehead atoms. The molecule has 0 fully saturated rings. The van der Waals surface area contributed by atoms with Gasteiger partial charge in [0.2, 0.25) is 0 Å². The van der Waals surface area contributed by atoms with Gasteiger partial charge in [-0.25, -0.2) is 17.6 Å². The number of hydrogen-bond acceptors (Lipinski definition) is 5. The van der Waals surface area contributed by atoms with E-state index < -0.39 is 33.6 Å². The van der Waals surface area contributed by atoms with Gasteiger partial charge in [0.15, 0.2) is 15.9 Å². The molecule has 6 nitrogen and oxygen atoms in total. The molecule has 2 rings (SSSR count). The highest BCUT2D eigenvalue weighted by Crippen LogP contribution is 2.22. The van der Waals surface area contributed by atoms with Crippen LogP contribution in [0.5, 0.6) is 0 Å². The minimum Gasteiger partial charge on any atom is -0.449 e. The number of carbonyl (C=O) groups excluding carboxylic acids is 2. The maximum Gasteiger partial charge on any atom is 0.338 e. The van der Waals surface area contributed by atoms with Crippen LogP contribution in [0.25, 0.3) is 0 Å². The van der Waals surface area contributed by atoms with Gasteiger partial charge < -0.3 is 10.1 Å². The van der Waals surface area contributed by atoms with Crippen molar-refractivity contribution in [3.8, 4) is 0 Å². The predicted molar refractivity (Wildman–Crippen MR) is 99.9 cm³/mol. The van der Waals surface area contributed by atoms with Crippen LogP contribution < -0.4 is 5.32 Å². The minimum atomic E-state index is -3.25. The first-order valence-corrected chi connectivity index (χ1v) is 10.2. The molecular formula is C18H17ClFNO5S. The van der Waals surface area contributed by atoms with Crippen molar-refractivity contribution in [2.75, 3.05) is 11.6 Å². The summed E-state index contributed by atoms with van der Waals surface area (Å²) in [6.07, 6.45) is -0.0671. The zero-order valence-corrected chi connectivity index (χ0v) is 16.1. The largest absolute Gasteiger partial charge is 0.449 e. The van der Waals surface area contributed by atoms with Crippen molar-refractivity contribution in [2.24, 2.45) is 0 Å². The van der Waals surface area contributed by atoms with Crippen LogP contribution in [0.4, 0.5) is 10.1 Å². The molecule has 0 aliphatic heterocycles. The average Bonchev–Trinajstić information content (AvgIpc) is 2.55. The highest BCUT2D eigenvalue weighted by Gasteiger charge is 2.20. The number of esters is 1. The molecule has 0 radical (unpaired) electrons. The molecule has 1 amide bonds. The second-order valence-electron chi connectivity index (χ2n) is 5.93. The fourth-order valence-electron chi connectivity index (χ4n) is 2.20.